The topological polar surface area (TPSA) is 65.1 Å². The fraction of sp³-hybridized carbons (Fsp3) is 0.375. The first kappa shape index (κ1) is 20.2. The van der Waals surface area contributed by atoms with E-state index in [-0.39, 0.29) is 17.2 Å². The van der Waals surface area contributed by atoms with Crippen LogP contribution in [-0.4, -0.2) is 57.1 Å². The Hall–Kier alpha value is -2.70. The maximum absolute atomic E-state index is 12.9. The number of amides is 1. The molecule has 5 rings (SSSR count). The van der Waals surface area contributed by atoms with Crippen molar-refractivity contribution in [3.8, 4) is 0 Å². The lowest BCUT2D eigenvalue weighted by Crippen LogP contribution is -2.62. The van der Waals surface area contributed by atoms with E-state index in [1.807, 2.05) is 42.2 Å². The fourth-order valence-corrected chi connectivity index (χ4v) is 5.24. The molecule has 3 aromatic rings. The van der Waals surface area contributed by atoms with Gasteiger partial charge in [-0.2, -0.15) is 5.10 Å². The standard InChI is InChI=1S/C24H26ClN5O/c1-17-26-23(28-27-17)20-13-29(12-18-7-3-2-4-8-18)14-24(20)15-30(16-24)22(31)11-19-9-5-6-10-21(19)25/h2-10,20H,11-16H2,1H3,(H,26,27,28). The Kier molecular flexibility index (Phi) is 5.28. The summed E-state index contributed by atoms with van der Waals surface area (Å²) in [5, 5.41) is 8.12. The second kappa shape index (κ2) is 8.09. The number of halogens is 1. The average molecular weight is 436 g/mol. The summed E-state index contributed by atoms with van der Waals surface area (Å²) in [5.41, 5.74) is 2.18. The van der Waals surface area contributed by atoms with Gasteiger partial charge in [0.1, 0.15) is 5.82 Å². The van der Waals surface area contributed by atoms with Crippen molar-refractivity contribution in [2.24, 2.45) is 5.41 Å². The molecule has 7 heteroatoms. The summed E-state index contributed by atoms with van der Waals surface area (Å²) in [4.78, 5) is 22.0. The minimum absolute atomic E-state index is 0.000440. The Bertz CT molecular complexity index is 1080. The van der Waals surface area contributed by atoms with Crippen LogP contribution in [0.5, 0.6) is 0 Å². The number of aryl methyl sites for hydroxylation is 1. The summed E-state index contributed by atoms with van der Waals surface area (Å²) in [6, 6.07) is 18.1. The van der Waals surface area contributed by atoms with E-state index in [0.717, 1.165) is 49.9 Å². The van der Waals surface area contributed by atoms with Crippen LogP contribution in [0.25, 0.3) is 0 Å². The van der Waals surface area contributed by atoms with Crippen molar-refractivity contribution in [2.45, 2.75) is 25.8 Å². The number of benzene rings is 2. The third-order valence-corrected chi connectivity index (χ3v) is 6.93. The highest BCUT2D eigenvalue weighted by Gasteiger charge is 2.56. The number of H-pyrrole nitrogens is 1. The van der Waals surface area contributed by atoms with E-state index in [0.29, 0.717) is 11.4 Å². The van der Waals surface area contributed by atoms with Gasteiger partial charge in [-0.1, -0.05) is 60.1 Å². The van der Waals surface area contributed by atoms with Crippen LogP contribution in [0.1, 0.15) is 28.7 Å². The number of carbonyl (C=O) groups excluding carboxylic acids is 1. The van der Waals surface area contributed by atoms with E-state index in [1.54, 1.807) is 0 Å². The smallest absolute Gasteiger partial charge is 0.227 e. The molecule has 160 valence electrons. The maximum Gasteiger partial charge on any atom is 0.227 e. The number of hydrogen-bond acceptors (Lipinski definition) is 4. The monoisotopic (exact) mass is 435 g/mol. The number of aromatic amines is 1. The number of rotatable bonds is 5. The summed E-state index contributed by atoms with van der Waals surface area (Å²) in [6.45, 7) is 6.14. The van der Waals surface area contributed by atoms with Crippen molar-refractivity contribution >= 4 is 17.5 Å². The van der Waals surface area contributed by atoms with Crippen LogP contribution < -0.4 is 0 Å². The largest absolute Gasteiger partial charge is 0.341 e. The van der Waals surface area contributed by atoms with E-state index in [9.17, 15) is 4.79 Å². The van der Waals surface area contributed by atoms with Crippen molar-refractivity contribution in [2.75, 3.05) is 26.2 Å². The van der Waals surface area contributed by atoms with Gasteiger partial charge in [0.05, 0.1) is 6.42 Å². The van der Waals surface area contributed by atoms with Crippen molar-refractivity contribution in [3.05, 3.63) is 82.4 Å². The average Bonchev–Trinajstić information content (AvgIpc) is 3.33. The zero-order chi connectivity index (χ0) is 21.4. The summed E-state index contributed by atoms with van der Waals surface area (Å²) in [5.74, 6) is 2.04. The van der Waals surface area contributed by atoms with E-state index in [2.05, 4.69) is 44.3 Å². The molecule has 1 atom stereocenters. The SMILES string of the molecule is Cc1nc(C2CN(Cc3ccccc3)CC23CN(C(=O)Cc2ccccc2Cl)C3)n[nH]1. The molecule has 0 saturated carbocycles. The van der Waals surface area contributed by atoms with Crippen LogP contribution in [-0.2, 0) is 17.8 Å². The number of hydrogen-bond donors (Lipinski definition) is 1. The summed E-state index contributed by atoms with van der Waals surface area (Å²) in [7, 11) is 0. The Morgan fingerprint density at radius 1 is 1.13 bits per heavy atom. The van der Waals surface area contributed by atoms with Crippen molar-refractivity contribution in [1.82, 2.24) is 25.0 Å². The zero-order valence-corrected chi connectivity index (χ0v) is 18.3. The van der Waals surface area contributed by atoms with Gasteiger partial charge in [0.25, 0.3) is 0 Å². The second-order valence-electron chi connectivity index (χ2n) is 8.87. The molecule has 2 aromatic carbocycles. The third kappa shape index (κ3) is 3.98. The molecule has 6 nitrogen and oxygen atoms in total. The van der Waals surface area contributed by atoms with Gasteiger partial charge in [0, 0.05) is 49.1 Å². The van der Waals surface area contributed by atoms with Gasteiger partial charge in [-0.3, -0.25) is 14.8 Å². The molecule has 1 N–H and O–H groups in total. The van der Waals surface area contributed by atoms with Crippen LogP contribution >= 0.6 is 11.6 Å². The van der Waals surface area contributed by atoms with Crippen molar-refractivity contribution < 1.29 is 4.79 Å². The van der Waals surface area contributed by atoms with Gasteiger partial charge in [-0.15, -0.1) is 0 Å². The minimum atomic E-state index is -0.000440. The summed E-state index contributed by atoms with van der Waals surface area (Å²) >= 11 is 6.26. The molecule has 2 saturated heterocycles. The second-order valence-corrected chi connectivity index (χ2v) is 9.27. The van der Waals surface area contributed by atoms with E-state index >= 15 is 0 Å². The molecule has 3 heterocycles. The first-order valence-corrected chi connectivity index (χ1v) is 11.1. The number of nitrogens with one attached hydrogen (secondary N) is 1. The molecule has 1 amide bonds. The predicted molar refractivity (Wildman–Crippen MR) is 120 cm³/mol. The Labute approximate surface area is 187 Å². The third-order valence-electron chi connectivity index (χ3n) is 6.56. The van der Waals surface area contributed by atoms with Gasteiger partial charge < -0.3 is 4.90 Å². The lowest BCUT2D eigenvalue weighted by molar-refractivity contribution is -0.142. The lowest BCUT2D eigenvalue weighted by atomic mass is 9.71. The van der Waals surface area contributed by atoms with Gasteiger partial charge >= 0.3 is 0 Å². The predicted octanol–water partition coefficient (Wildman–Crippen LogP) is 3.44. The zero-order valence-electron chi connectivity index (χ0n) is 17.6. The van der Waals surface area contributed by atoms with E-state index in [4.69, 9.17) is 11.6 Å². The lowest BCUT2D eigenvalue weighted by Gasteiger charge is -2.50. The molecule has 2 aliphatic heterocycles. The van der Waals surface area contributed by atoms with Crippen molar-refractivity contribution in [1.29, 1.82) is 0 Å². The highest BCUT2D eigenvalue weighted by molar-refractivity contribution is 6.31. The van der Waals surface area contributed by atoms with Gasteiger partial charge in [0.15, 0.2) is 5.82 Å². The molecular weight excluding hydrogens is 410 g/mol. The Balaban J connectivity index is 1.31. The van der Waals surface area contributed by atoms with Crippen LogP contribution in [0.15, 0.2) is 54.6 Å². The van der Waals surface area contributed by atoms with Crippen molar-refractivity contribution in [3.63, 3.8) is 0 Å². The molecular formula is C24H26ClN5O. The molecule has 1 aromatic heterocycles. The minimum Gasteiger partial charge on any atom is -0.341 e. The van der Waals surface area contributed by atoms with Crippen LogP contribution in [0, 0.1) is 12.3 Å². The Morgan fingerprint density at radius 3 is 2.58 bits per heavy atom. The quantitative estimate of drug-likeness (QED) is 0.666. The summed E-state index contributed by atoms with van der Waals surface area (Å²) < 4.78 is 0. The maximum atomic E-state index is 12.9. The van der Waals surface area contributed by atoms with Crippen LogP contribution in [0.4, 0.5) is 0 Å². The first-order chi connectivity index (χ1) is 15.0. The first-order valence-electron chi connectivity index (χ1n) is 10.7. The highest BCUT2D eigenvalue weighted by Crippen LogP contribution is 2.48. The van der Waals surface area contributed by atoms with Crippen LogP contribution in [0.3, 0.4) is 0 Å². The van der Waals surface area contributed by atoms with Gasteiger partial charge in [-0.05, 0) is 24.1 Å². The number of carbonyl (C=O) groups is 1. The molecule has 2 fully saturated rings. The molecule has 0 aliphatic carbocycles. The van der Waals surface area contributed by atoms with E-state index in [1.165, 1.54) is 5.56 Å². The number of aromatic nitrogens is 3. The molecule has 1 unspecified atom stereocenters. The van der Waals surface area contributed by atoms with Crippen LogP contribution in [0.2, 0.25) is 5.02 Å². The fourth-order valence-electron chi connectivity index (χ4n) is 5.03. The Morgan fingerprint density at radius 2 is 1.87 bits per heavy atom. The van der Waals surface area contributed by atoms with Gasteiger partial charge in [0.2, 0.25) is 5.91 Å². The number of likely N-dealkylation sites (tertiary alicyclic amines) is 2. The molecule has 0 bridgehead atoms. The highest BCUT2D eigenvalue weighted by atomic mass is 35.5. The molecule has 1 spiro atoms. The summed E-state index contributed by atoms with van der Waals surface area (Å²) in [6.07, 6.45) is 0.341. The molecule has 0 radical (unpaired) electrons. The van der Waals surface area contributed by atoms with Gasteiger partial charge in [-0.25, -0.2) is 4.98 Å². The van der Waals surface area contributed by atoms with E-state index < -0.39 is 0 Å². The molecule has 31 heavy (non-hydrogen) atoms. The molecule has 2 aliphatic rings. The number of nitrogens with zero attached hydrogens (tertiary/aromatic N) is 4. The normalized spacial score (nSPS) is 20.2.